The fraction of sp³-hybridized carbons (Fsp3) is 0.500. The summed E-state index contributed by atoms with van der Waals surface area (Å²) in [5.74, 6) is 0.729. The van der Waals surface area contributed by atoms with E-state index in [0.717, 1.165) is 41.1 Å². The molecule has 1 aliphatic rings. The maximum atomic E-state index is 10.4. The summed E-state index contributed by atoms with van der Waals surface area (Å²) >= 11 is 1.51. The molecule has 20 heavy (non-hydrogen) atoms. The lowest BCUT2D eigenvalue weighted by Crippen LogP contribution is -2.39. The normalized spacial score (nSPS) is 26.1. The minimum atomic E-state index is -0.681. The monoisotopic (exact) mass is 290 g/mol. The minimum Gasteiger partial charge on any atom is -0.388 e. The first-order valence-electron chi connectivity index (χ1n) is 6.75. The van der Waals surface area contributed by atoms with Crippen LogP contribution in [0.15, 0.2) is 23.6 Å². The Morgan fingerprint density at radius 3 is 3.00 bits per heavy atom. The average Bonchev–Trinajstić information content (AvgIpc) is 2.78. The summed E-state index contributed by atoms with van der Waals surface area (Å²) in [6, 6.07) is 1.92. The minimum absolute atomic E-state index is 0.0216. The van der Waals surface area contributed by atoms with Gasteiger partial charge in [-0.15, -0.1) is 0 Å². The second-order valence-corrected chi connectivity index (χ2v) is 6.17. The molecule has 1 saturated carbocycles. The van der Waals surface area contributed by atoms with Crippen molar-refractivity contribution in [3.05, 3.63) is 18.5 Å². The molecule has 1 fully saturated rings. The molecule has 0 bridgehead atoms. The number of nitrogens with one attached hydrogen (secondary N) is 1. The number of aliphatic hydroxyl groups is 1. The molecule has 2 N–H and O–H groups in total. The zero-order valence-electron chi connectivity index (χ0n) is 11.6. The Morgan fingerprint density at radius 2 is 2.30 bits per heavy atom. The van der Waals surface area contributed by atoms with Crippen molar-refractivity contribution in [2.24, 2.45) is 0 Å². The zero-order valence-corrected chi connectivity index (χ0v) is 12.4. The van der Waals surface area contributed by atoms with Crippen LogP contribution in [-0.2, 0) is 0 Å². The molecule has 6 heteroatoms. The Morgan fingerprint density at radius 1 is 1.45 bits per heavy atom. The molecule has 2 aromatic rings. The average molecular weight is 290 g/mol. The molecule has 0 aromatic carbocycles. The molecule has 1 aliphatic carbocycles. The highest BCUT2D eigenvalue weighted by atomic mass is 32.2. The highest BCUT2D eigenvalue weighted by Crippen LogP contribution is 2.32. The Balaban J connectivity index is 1.98. The molecule has 2 aromatic heterocycles. The first-order chi connectivity index (χ1) is 9.60. The van der Waals surface area contributed by atoms with Gasteiger partial charge < -0.3 is 10.4 Å². The Bertz CT molecular complexity index is 632. The maximum Gasteiger partial charge on any atom is 0.187 e. The molecule has 0 spiro atoms. The van der Waals surface area contributed by atoms with E-state index >= 15 is 0 Å². The van der Waals surface area contributed by atoms with Gasteiger partial charge >= 0.3 is 0 Å². The van der Waals surface area contributed by atoms with Crippen molar-refractivity contribution >= 4 is 28.5 Å². The van der Waals surface area contributed by atoms with Crippen LogP contribution in [0.5, 0.6) is 0 Å². The van der Waals surface area contributed by atoms with Gasteiger partial charge in [0.2, 0.25) is 0 Å². The van der Waals surface area contributed by atoms with Crippen molar-refractivity contribution in [3.8, 4) is 0 Å². The van der Waals surface area contributed by atoms with Crippen LogP contribution in [0.4, 0.5) is 5.82 Å². The van der Waals surface area contributed by atoms with Gasteiger partial charge in [0.05, 0.1) is 11.6 Å². The van der Waals surface area contributed by atoms with Crippen LogP contribution in [0.25, 0.3) is 10.9 Å². The summed E-state index contributed by atoms with van der Waals surface area (Å²) in [5.41, 5.74) is 0.133. The second kappa shape index (κ2) is 5.18. The number of rotatable bonds is 3. The maximum absolute atomic E-state index is 10.4. The molecular weight excluding hydrogens is 272 g/mol. The summed E-state index contributed by atoms with van der Waals surface area (Å²) in [5, 5.41) is 15.4. The van der Waals surface area contributed by atoms with E-state index in [2.05, 4.69) is 20.3 Å². The first kappa shape index (κ1) is 13.6. The van der Waals surface area contributed by atoms with Gasteiger partial charge in [0, 0.05) is 17.8 Å². The van der Waals surface area contributed by atoms with Gasteiger partial charge in [-0.1, -0.05) is 11.8 Å². The molecule has 3 rings (SSSR count). The molecule has 0 amide bonds. The van der Waals surface area contributed by atoms with Gasteiger partial charge in [0.25, 0.3) is 0 Å². The van der Waals surface area contributed by atoms with E-state index in [4.69, 9.17) is 0 Å². The van der Waals surface area contributed by atoms with E-state index in [1.165, 1.54) is 11.8 Å². The van der Waals surface area contributed by atoms with Crippen molar-refractivity contribution in [1.29, 1.82) is 0 Å². The lowest BCUT2D eigenvalue weighted by atomic mass is 10.0. The van der Waals surface area contributed by atoms with E-state index in [1.54, 1.807) is 6.20 Å². The van der Waals surface area contributed by atoms with Crippen molar-refractivity contribution in [2.75, 3.05) is 11.6 Å². The Labute approximate surface area is 122 Å². The third kappa shape index (κ3) is 2.45. The number of hydrogen-bond acceptors (Lipinski definition) is 6. The second-order valence-electron chi connectivity index (χ2n) is 5.40. The molecule has 0 saturated heterocycles. The molecular formula is C14H18N4OS. The van der Waals surface area contributed by atoms with Crippen LogP contribution in [0.1, 0.15) is 26.2 Å². The van der Waals surface area contributed by atoms with Gasteiger partial charge in [-0.2, -0.15) is 0 Å². The number of pyridine rings is 1. The quantitative estimate of drug-likeness (QED) is 0.668. The van der Waals surface area contributed by atoms with Gasteiger partial charge in [-0.05, 0) is 38.5 Å². The fourth-order valence-electron chi connectivity index (χ4n) is 2.69. The van der Waals surface area contributed by atoms with Crippen molar-refractivity contribution < 1.29 is 5.11 Å². The summed E-state index contributed by atoms with van der Waals surface area (Å²) in [6.45, 7) is 1.88. The van der Waals surface area contributed by atoms with Crippen molar-refractivity contribution in [1.82, 2.24) is 15.0 Å². The molecule has 5 nitrogen and oxygen atoms in total. The predicted octanol–water partition coefficient (Wildman–Crippen LogP) is 2.46. The largest absolute Gasteiger partial charge is 0.388 e. The number of fused-ring (bicyclic) bond motifs is 1. The smallest absolute Gasteiger partial charge is 0.187 e. The summed E-state index contributed by atoms with van der Waals surface area (Å²) in [6.07, 6.45) is 8.31. The van der Waals surface area contributed by atoms with E-state index in [9.17, 15) is 5.11 Å². The summed E-state index contributed by atoms with van der Waals surface area (Å²) in [4.78, 5) is 13.2. The number of anilines is 1. The third-order valence-corrected chi connectivity index (χ3v) is 4.46. The topological polar surface area (TPSA) is 70.9 Å². The van der Waals surface area contributed by atoms with E-state index in [1.807, 2.05) is 25.4 Å². The molecule has 2 atom stereocenters. The lowest BCUT2D eigenvalue weighted by molar-refractivity contribution is 0.0578. The summed E-state index contributed by atoms with van der Waals surface area (Å²) < 4.78 is 0. The van der Waals surface area contributed by atoms with Crippen LogP contribution >= 0.6 is 11.8 Å². The van der Waals surface area contributed by atoms with Crippen LogP contribution in [-0.4, -0.2) is 38.0 Å². The number of aromatic nitrogens is 3. The van der Waals surface area contributed by atoms with Gasteiger partial charge in [-0.25, -0.2) is 15.0 Å². The number of hydrogen-bond donors (Lipinski definition) is 2. The highest BCUT2D eigenvalue weighted by molar-refractivity contribution is 7.98. The van der Waals surface area contributed by atoms with E-state index in [-0.39, 0.29) is 6.04 Å². The van der Waals surface area contributed by atoms with Crippen molar-refractivity contribution in [3.63, 3.8) is 0 Å². The molecule has 106 valence electrons. The van der Waals surface area contributed by atoms with E-state index in [0.29, 0.717) is 0 Å². The molecule has 0 unspecified atom stereocenters. The van der Waals surface area contributed by atoms with Gasteiger partial charge in [0.1, 0.15) is 5.52 Å². The van der Waals surface area contributed by atoms with E-state index < -0.39 is 5.60 Å². The van der Waals surface area contributed by atoms with Crippen LogP contribution < -0.4 is 5.32 Å². The Hall–Kier alpha value is -1.40. The van der Waals surface area contributed by atoms with Crippen LogP contribution in [0, 0.1) is 0 Å². The number of nitrogens with zero attached hydrogens (tertiary/aromatic N) is 3. The first-order valence-corrected chi connectivity index (χ1v) is 7.97. The molecule has 0 aliphatic heterocycles. The summed E-state index contributed by atoms with van der Waals surface area (Å²) in [7, 11) is 0. The predicted molar refractivity (Wildman–Crippen MR) is 81.0 cm³/mol. The van der Waals surface area contributed by atoms with Crippen molar-refractivity contribution in [2.45, 2.75) is 43.0 Å². The van der Waals surface area contributed by atoms with Gasteiger partial charge in [-0.3, -0.25) is 0 Å². The highest BCUT2D eigenvalue weighted by Gasteiger charge is 2.37. The van der Waals surface area contributed by atoms with Crippen LogP contribution in [0.3, 0.4) is 0 Å². The SMILES string of the molecule is CSc1ncc2ccnc(N[C@@H]3CCC[C@@]3(C)O)c2n1. The Kier molecular flexibility index (Phi) is 3.52. The molecule has 2 heterocycles. The fourth-order valence-corrected chi connectivity index (χ4v) is 3.03. The number of thioether (sulfide) groups is 1. The molecule has 0 radical (unpaired) electrons. The standard InChI is InChI=1S/C14H18N4OS/c1-14(19)6-3-4-10(14)17-12-11-9(5-7-15-12)8-16-13(18-11)20-2/h5,7-8,10,19H,3-4,6H2,1-2H3,(H,15,17)/t10-,14-/m1/s1. The lowest BCUT2D eigenvalue weighted by Gasteiger charge is -2.27. The van der Waals surface area contributed by atoms with Gasteiger partial charge in [0.15, 0.2) is 11.0 Å². The van der Waals surface area contributed by atoms with Crippen LogP contribution in [0.2, 0.25) is 0 Å². The zero-order chi connectivity index (χ0) is 14.2. The third-order valence-electron chi connectivity index (χ3n) is 3.90.